The van der Waals surface area contributed by atoms with E-state index in [9.17, 15) is 5.26 Å². The summed E-state index contributed by atoms with van der Waals surface area (Å²) in [5.41, 5.74) is 0. The Labute approximate surface area is 114 Å². The maximum absolute atomic E-state index is 9.37. The van der Waals surface area contributed by atoms with Crippen molar-refractivity contribution in [2.24, 2.45) is 5.92 Å². The lowest BCUT2D eigenvalue weighted by Crippen LogP contribution is -2.34. The molecule has 0 spiro atoms. The highest BCUT2D eigenvalue weighted by Gasteiger charge is 2.22. The molecule has 0 aromatic rings. The summed E-state index contributed by atoms with van der Waals surface area (Å²) < 4.78 is 0. The summed E-state index contributed by atoms with van der Waals surface area (Å²) in [6.45, 7) is 4.46. The molecule has 2 nitrogen and oxygen atoms in total. The van der Waals surface area contributed by atoms with Crippen LogP contribution in [0.1, 0.15) is 71.6 Å². The molecule has 0 heterocycles. The second-order valence-electron chi connectivity index (χ2n) is 5.61. The van der Waals surface area contributed by atoms with Crippen molar-refractivity contribution in [2.45, 2.75) is 77.7 Å². The van der Waals surface area contributed by atoms with Crippen LogP contribution in [0.3, 0.4) is 0 Å². The van der Waals surface area contributed by atoms with E-state index >= 15 is 0 Å². The first kappa shape index (κ1) is 17.4. The van der Waals surface area contributed by atoms with Gasteiger partial charge in [-0.2, -0.15) is 5.26 Å². The molecule has 2 atom stereocenters. The van der Waals surface area contributed by atoms with Gasteiger partial charge in [0.15, 0.2) is 0 Å². The average molecular weight is 252 g/mol. The Hall–Kier alpha value is -0.550. The fourth-order valence-electron chi connectivity index (χ4n) is 2.56. The molecule has 18 heavy (non-hydrogen) atoms. The van der Waals surface area contributed by atoms with Crippen LogP contribution in [0.4, 0.5) is 0 Å². The summed E-state index contributed by atoms with van der Waals surface area (Å²) in [5.74, 6) is 0.216. The maximum atomic E-state index is 9.37. The summed E-state index contributed by atoms with van der Waals surface area (Å²) in [4.78, 5) is 2.26. The molecule has 106 valence electrons. The molecule has 2 heteroatoms. The Kier molecular flexibility index (Phi) is 11.2. The van der Waals surface area contributed by atoms with Crippen molar-refractivity contribution in [1.82, 2.24) is 4.90 Å². The number of hydrogen-bond donors (Lipinski definition) is 0. The molecule has 0 rings (SSSR count). The minimum absolute atomic E-state index is 0.216. The molecule has 2 unspecified atom stereocenters. The zero-order valence-corrected chi connectivity index (χ0v) is 12.9. The predicted octanol–water partition coefficient (Wildman–Crippen LogP) is 4.61. The first-order chi connectivity index (χ1) is 8.67. The molecule has 0 aromatic heterocycles. The van der Waals surface area contributed by atoms with E-state index in [1.54, 1.807) is 0 Å². The molecule has 0 bridgehead atoms. The minimum atomic E-state index is 0.216. The van der Waals surface area contributed by atoms with Gasteiger partial charge >= 0.3 is 0 Å². The van der Waals surface area contributed by atoms with Crippen LogP contribution in [-0.2, 0) is 0 Å². The second kappa shape index (κ2) is 11.5. The van der Waals surface area contributed by atoms with Crippen molar-refractivity contribution in [1.29, 1.82) is 5.26 Å². The van der Waals surface area contributed by atoms with Crippen molar-refractivity contribution < 1.29 is 0 Å². The van der Waals surface area contributed by atoms with Gasteiger partial charge in [0.25, 0.3) is 0 Å². The van der Waals surface area contributed by atoms with Crippen LogP contribution in [0.5, 0.6) is 0 Å². The zero-order chi connectivity index (χ0) is 13.8. The Balaban J connectivity index is 4.13. The first-order valence-electron chi connectivity index (χ1n) is 7.73. The van der Waals surface area contributed by atoms with Gasteiger partial charge in [0, 0.05) is 6.04 Å². The molecule has 0 fully saturated rings. The molecule has 0 aromatic carbocycles. The molecule has 0 N–H and O–H groups in total. The third-order valence-corrected chi connectivity index (χ3v) is 3.77. The van der Waals surface area contributed by atoms with Crippen molar-refractivity contribution >= 4 is 0 Å². The number of nitrogens with zero attached hydrogens (tertiary/aromatic N) is 2. The smallest absolute Gasteiger partial charge is 0.0672 e. The topological polar surface area (TPSA) is 27.0 Å². The van der Waals surface area contributed by atoms with Gasteiger partial charge in [-0.15, -0.1) is 0 Å². The third kappa shape index (κ3) is 7.71. The fraction of sp³-hybridized carbons (Fsp3) is 0.938. The standard InChI is InChI=1S/C16H32N2/c1-5-7-9-11-13-16(18(3)4)15(14-17)12-10-8-6-2/h15-16H,5-13H2,1-4H3. The van der Waals surface area contributed by atoms with Gasteiger partial charge in [-0.3, -0.25) is 0 Å². The number of rotatable bonds is 11. The molecule has 0 saturated carbocycles. The van der Waals surface area contributed by atoms with Crippen LogP contribution in [0, 0.1) is 17.2 Å². The summed E-state index contributed by atoms with van der Waals surface area (Å²) in [6, 6.07) is 2.99. The quantitative estimate of drug-likeness (QED) is 0.502. The van der Waals surface area contributed by atoms with Crippen LogP contribution in [0.15, 0.2) is 0 Å². The lowest BCUT2D eigenvalue weighted by Gasteiger charge is -2.28. The van der Waals surface area contributed by atoms with Crippen molar-refractivity contribution in [3.63, 3.8) is 0 Å². The Morgan fingerprint density at radius 2 is 1.44 bits per heavy atom. The lowest BCUT2D eigenvalue weighted by molar-refractivity contribution is 0.213. The van der Waals surface area contributed by atoms with Crippen molar-refractivity contribution in [3.05, 3.63) is 0 Å². The highest BCUT2D eigenvalue weighted by Crippen LogP contribution is 2.21. The first-order valence-corrected chi connectivity index (χ1v) is 7.73. The SMILES string of the molecule is CCCCCCC(C(C#N)CCCCC)N(C)C. The van der Waals surface area contributed by atoms with Gasteiger partial charge in [0.1, 0.15) is 0 Å². The minimum Gasteiger partial charge on any atom is -0.305 e. The molecule has 0 aliphatic carbocycles. The van der Waals surface area contributed by atoms with E-state index in [4.69, 9.17) is 0 Å². The number of unbranched alkanes of at least 4 members (excludes halogenated alkanes) is 5. The Bertz CT molecular complexity index is 218. The summed E-state index contributed by atoms with van der Waals surface area (Å²) in [7, 11) is 4.24. The van der Waals surface area contributed by atoms with Gasteiger partial charge in [-0.25, -0.2) is 0 Å². The average Bonchev–Trinajstić information content (AvgIpc) is 2.35. The highest BCUT2D eigenvalue weighted by atomic mass is 15.1. The third-order valence-electron chi connectivity index (χ3n) is 3.77. The molecule has 0 saturated heterocycles. The molecule has 0 aliphatic rings. The van der Waals surface area contributed by atoms with Gasteiger partial charge in [-0.1, -0.05) is 58.8 Å². The van der Waals surface area contributed by atoms with Crippen molar-refractivity contribution in [3.8, 4) is 6.07 Å². The lowest BCUT2D eigenvalue weighted by atomic mass is 9.90. The van der Waals surface area contributed by atoms with Gasteiger partial charge in [0.05, 0.1) is 12.0 Å². The summed E-state index contributed by atoms with van der Waals surface area (Å²) >= 11 is 0. The Morgan fingerprint density at radius 1 is 0.889 bits per heavy atom. The second-order valence-corrected chi connectivity index (χ2v) is 5.61. The van der Waals surface area contributed by atoms with E-state index in [1.165, 1.54) is 51.4 Å². The predicted molar refractivity (Wildman–Crippen MR) is 79.5 cm³/mol. The highest BCUT2D eigenvalue weighted by molar-refractivity contribution is 4.91. The number of nitriles is 1. The van der Waals surface area contributed by atoms with E-state index < -0.39 is 0 Å². The number of hydrogen-bond acceptors (Lipinski definition) is 2. The summed E-state index contributed by atoms with van der Waals surface area (Å²) in [5, 5.41) is 9.37. The van der Waals surface area contributed by atoms with Crippen LogP contribution in [-0.4, -0.2) is 25.0 Å². The van der Waals surface area contributed by atoms with E-state index in [0.29, 0.717) is 6.04 Å². The van der Waals surface area contributed by atoms with Crippen LogP contribution in [0.25, 0.3) is 0 Å². The van der Waals surface area contributed by atoms with Crippen LogP contribution in [0.2, 0.25) is 0 Å². The normalized spacial score (nSPS) is 14.4. The maximum Gasteiger partial charge on any atom is 0.0672 e. The van der Waals surface area contributed by atoms with Crippen LogP contribution < -0.4 is 0 Å². The van der Waals surface area contributed by atoms with E-state index in [0.717, 1.165) is 6.42 Å². The van der Waals surface area contributed by atoms with E-state index in [1.807, 2.05) is 0 Å². The van der Waals surface area contributed by atoms with Gasteiger partial charge in [0.2, 0.25) is 0 Å². The van der Waals surface area contributed by atoms with Crippen LogP contribution >= 0.6 is 0 Å². The molecular formula is C16H32N2. The van der Waals surface area contributed by atoms with Gasteiger partial charge < -0.3 is 4.90 Å². The van der Waals surface area contributed by atoms with E-state index in [-0.39, 0.29) is 5.92 Å². The van der Waals surface area contributed by atoms with E-state index in [2.05, 4.69) is 38.9 Å². The van der Waals surface area contributed by atoms with Gasteiger partial charge in [-0.05, 0) is 26.9 Å². The molecular weight excluding hydrogens is 220 g/mol. The molecule has 0 aliphatic heterocycles. The monoisotopic (exact) mass is 252 g/mol. The summed E-state index contributed by atoms with van der Waals surface area (Å²) in [6.07, 6.45) is 11.1. The zero-order valence-electron chi connectivity index (χ0n) is 12.9. The molecule has 0 radical (unpaired) electrons. The van der Waals surface area contributed by atoms with Crippen molar-refractivity contribution in [2.75, 3.05) is 14.1 Å². The Morgan fingerprint density at radius 3 is 1.94 bits per heavy atom. The largest absolute Gasteiger partial charge is 0.305 e. The fourth-order valence-corrected chi connectivity index (χ4v) is 2.56. The molecule has 0 amide bonds.